The van der Waals surface area contributed by atoms with Gasteiger partial charge in [0.05, 0.1) is 0 Å². The van der Waals surface area contributed by atoms with Gasteiger partial charge in [0.25, 0.3) is 0 Å². The third-order valence-electron chi connectivity index (χ3n) is 0.858. The molecule has 0 saturated heterocycles. The second kappa shape index (κ2) is 6.30. The van der Waals surface area contributed by atoms with Crippen LogP contribution in [0.15, 0.2) is 30.3 Å². The van der Waals surface area contributed by atoms with E-state index < -0.39 is 0 Å². The molecule has 0 heterocycles. The minimum absolute atomic E-state index is 0.230. The van der Waals surface area contributed by atoms with Crippen LogP contribution in [-0.2, 0) is 0 Å². The van der Waals surface area contributed by atoms with Crippen LogP contribution in [0.1, 0.15) is 0 Å². The number of guanidine groups is 1. The lowest BCUT2D eigenvalue weighted by Gasteiger charge is -1.82. The molecular weight excluding hydrogens is 178 g/mol. The highest BCUT2D eigenvalue weighted by atomic mass is 35.5. The first-order chi connectivity index (χ1) is 5.66. The number of hydrogen-bond donors (Lipinski definition) is 4. The van der Waals surface area contributed by atoms with Gasteiger partial charge in [0, 0.05) is 11.8 Å². The number of hydrogen-bond acceptors (Lipinski definition) is 2. The standard InChI is InChI=1S/C6H6O.CH4ClN3/c7-6-4-2-1-3-5-6;2-5-1(3)4/h1-5,7H;(H4,3,4,5). The van der Waals surface area contributed by atoms with E-state index in [-0.39, 0.29) is 5.96 Å². The number of para-hydroxylation sites is 1. The van der Waals surface area contributed by atoms with Gasteiger partial charge in [0.1, 0.15) is 5.75 Å². The molecule has 0 radical (unpaired) electrons. The zero-order valence-electron chi connectivity index (χ0n) is 6.29. The molecular formula is C7H10ClN3O. The third-order valence-corrected chi connectivity index (χ3v) is 1.06. The van der Waals surface area contributed by atoms with E-state index in [4.69, 9.17) is 22.3 Å². The molecule has 0 amide bonds. The van der Waals surface area contributed by atoms with Crippen molar-refractivity contribution in [3.63, 3.8) is 0 Å². The van der Waals surface area contributed by atoms with Crippen LogP contribution in [0.3, 0.4) is 0 Å². The summed E-state index contributed by atoms with van der Waals surface area (Å²) in [5.41, 5.74) is 4.63. The van der Waals surface area contributed by atoms with Crippen molar-refractivity contribution < 1.29 is 5.11 Å². The monoisotopic (exact) mass is 187 g/mol. The highest BCUT2D eigenvalue weighted by Gasteiger charge is 1.74. The second-order valence-electron chi connectivity index (χ2n) is 1.84. The second-order valence-corrected chi connectivity index (χ2v) is 2.03. The van der Waals surface area contributed by atoms with Gasteiger partial charge in [-0.25, -0.2) is 0 Å². The Morgan fingerprint density at radius 2 is 1.83 bits per heavy atom. The summed E-state index contributed by atoms with van der Waals surface area (Å²) in [6.07, 6.45) is 0. The number of halogens is 1. The first-order valence-electron chi connectivity index (χ1n) is 3.11. The maximum atomic E-state index is 8.63. The number of aromatic hydroxyl groups is 1. The Labute approximate surface area is 75.6 Å². The third kappa shape index (κ3) is 6.70. The van der Waals surface area contributed by atoms with Crippen LogP contribution in [0.2, 0.25) is 0 Å². The fourth-order valence-corrected chi connectivity index (χ4v) is 0.428. The molecule has 1 aromatic carbocycles. The molecule has 0 spiro atoms. The van der Waals surface area contributed by atoms with Gasteiger partial charge in [0.15, 0.2) is 0 Å². The Morgan fingerprint density at radius 3 is 2.00 bits per heavy atom. The molecule has 0 bridgehead atoms. The van der Waals surface area contributed by atoms with Crippen LogP contribution in [0, 0.1) is 5.41 Å². The van der Waals surface area contributed by atoms with Crippen molar-refractivity contribution >= 4 is 17.7 Å². The summed E-state index contributed by atoms with van der Waals surface area (Å²) < 4.78 is 0. The molecule has 1 aromatic rings. The number of benzene rings is 1. The SMILES string of the molecule is N=C(N)NCl.Oc1ccccc1. The summed E-state index contributed by atoms with van der Waals surface area (Å²) in [5.74, 6) is 0.0918. The van der Waals surface area contributed by atoms with E-state index in [9.17, 15) is 0 Å². The average Bonchev–Trinajstić information content (AvgIpc) is 2.07. The van der Waals surface area contributed by atoms with Crippen molar-refractivity contribution in [3.05, 3.63) is 30.3 Å². The van der Waals surface area contributed by atoms with E-state index in [0.717, 1.165) is 0 Å². The van der Waals surface area contributed by atoms with Crippen molar-refractivity contribution in [3.8, 4) is 5.75 Å². The largest absolute Gasteiger partial charge is 0.508 e. The molecule has 0 atom stereocenters. The summed E-state index contributed by atoms with van der Waals surface area (Å²) in [4.78, 5) is 1.86. The lowest BCUT2D eigenvalue weighted by molar-refractivity contribution is 0.475. The summed E-state index contributed by atoms with van der Waals surface area (Å²) in [7, 11) is 0. The van der Waals surface area contributed by atoms with Gasteiger partial charge in [-0.3, -0.25) is 10.2 Å². The van der Waals surface area contributed by atoms with Crippen molar-refractivity contribution in [2.45, 2.75) is 0 Å². The van der Waals surface area contributed by atoms with Gasteiger partial charge >= 0.3 is 0 Å². The molecule has 0 aliphatic rings. The Bertz CT molecular complexity index is 227. The lowest BCUT2D eigenvalue weighted by Crippen LogP contribution is -2.21. The number of phenolic OH excluding ortho intramolecular Hbond substituents is 1. The predicted molar refractivity (Wildman–Crippen MR) is 49.0 cm³/mol. The topological polar surface area (TPSA) is 82.1 Å². The highest BCUT2D eigenvalue weighted by molar-refractivity contribution is 6.21. The van der Waals surface area contributed by atoms with Gasteiger partial charge in [-0.2, -0.15) is 0 Å². The Kier molecular flexibility index (Phi) is 5.55. The predicted octanol–water partition coefficient (Wildman–Crippen LogP) is 1.02. The van der Waals surface area contributed by atoms with Crippen LogP contribution in [0.4, 0.5) is 0 Å². The average molecular weight is 188 g/mol. The maximum absolute atomic E-state index is 8.63. The van der Waals surface area contributed by atoms with Crippen molar-refractivity contribution in [1.29, 1.82) is 5.41 Å². The number of nitrogens with one attached hydrogen (secondary N) is 2. The fourth-order valence-electron chi connectivity index (χ4n) is 0.428. The molecule has 0 fully saturated rings. The first kappa shape index (κ1) is 10.6. The molecule has 1 rings (SSSR count). The van der Waals surface area contributed by atoms with E-state index in [0.29, 0.717) is 5.75 Å². The van der Waals surface area contributed by atoms with Crippen LogP contribution in [0.5, 0.6) is 5.75 Å². The molecule has 5 N–H and O–H groups in total. The van der Waals surface area contributed by atoms with E-state index >= 15 is 0 Å². The van der Waals surface area contributed by atoms with Crippen molar-refractivity contribution in [2.75, 3.05) is 0 Å². The van der Waals surface area contributed by atoms with Crippen molar-refractivity contribution in [2.24, 2.45) is 5.73 Å². The molecule has 0 aliphatic carbocycles. The molecule has 66 valence electrons. The maximum Gasteiger partial charge on any atom is 0.200 e. The fraction of sp³-hybridized carbons (Fsp3) is 0. The summed E-state index contributed by atoms with van der Waals surface area (Å²) in [5, 5.41) is 14.9. The highest BCUT2D eigenvalue weighted by Crippen LogP contribution is 2.02. The Balaban J connectivity index is 0.000000217. The normalized spacial score (nSPS) is 7.75. The number of phenols is 1. The van der Waals surface area contributed by atoms with Crippen LogP contribution in [-0.4, -0.2) is 11.1 Å². The van der Waals surface area contributed by atoms with Crippen molar-refractivity contribution in [1.82, 2.24) is 4.84 Å². The minimum atomic E-state index is -0.230. The van der Waals surface area contributed by atoms with E-state index in [2.05, 4.69) is 5.73 Å². The van der Waals surface area contributed by atoms with Gasteiger partial charge in [-0.05, 0) is 12.1 Å². The lowest BCUT2D eigenvalue weighted by atomic mass is 10.3. The van der Waals surface area contributed by atoms with Crippen LogP contribution >= 0.6 is 11.8 Å². The first-order valence-corrected chi connectivity index (χ1v) is 3.49. The number of rotatable bonds is 0. The molecule has 5 heteroatoms. The zero-order valence-corrected chi connectivity index (χ0v) is 7.05. The summed E-state index contributed by atoms with van der Waals surface area (Å²) >= 11 is 4.74. The molecule has 12 heavy (non-hydrogen) atoms. The smallest absolute Gasteiger partial charge is 0.200 e. The molecule has 0 saturated carbocycles. The van der Waals surface area contributed by atoms with Gasteiger partial charge in [-0.15, -0.1) is 0 Å². The van der Waals surface area contributed by atoms with E-state index in [1.807, 2.05) is 10.9 Å². The zero-order chi connectivity index (χ0) is 9.40. The Hall–Kier alpha value is -1.42. The molecule has 4 nitrogen and oxygen atoms in total. The number of nitrogens with two attached hydrogens (primary N) is 1. The van der Waals surface area contributed by atoms with Gasteiger partial charge < -0.3 is 10.8 Å². The molecule has 0 unspecified atom stereocenters. The van der Waals surface area contributed by atoms with Gasteiger partial charge in [0.2, 0.25) is 5.96 Å². The van der Waals surface area contributed by atoms with Gasteiger partial charge in [-0.1, -0.05) is 18.2 Å². The quantitative estimate of drug-likeness (QED) is 0.278. The van der Waals surface area contributed by atoms with E-state index in [1.165, 1.54) is 0 Å². The molecule has 0 aromatic heterocycles. The van der Waals surface area contributed by atoms with E-state index in [1.54, 1.807) is 24.3 Å². The summed E-state index contributed by atoms with van der Waals surface area (Å²) in [6, 6.07) is 8.71. The van der Waals surface area contributed by atoms with Crippen LogP contribution < -0.4 is 10.6 Å². The summed E-state index contributed by atoms with van der Waals surface area (Å²) in [6.45, 7) is 0. The molecule has 0 aliphatic heterocycles. The minimum Gasteiger partial charge on any atom is -0.508 e. The van der Waals surface area contributed by atoms with Crippen LogP contribution in [0.25, 0.3) is 0 Å². The Morgan fingerprint density at radius 1 is 1.42 bits per heavy atom.